The van der Waals surface area contributed by atoms with Crippen molar-refractivity contribution in [2.45, 2.75) is 54.6 Å². The van der Waals surface area contributed by atoms with Gasteiger partial charge in [-0.3, -0.25) is 4.79 Å². The lowest BCUT2D eigenvalue weighted by atomic mass is 10.2. The number of aromatic nitrogens is 3. The quantitative estimate of drug-likeness (QED) is 0.582. The van der Waals surface area contributed by atoms with E-state index in [-0.39, 0.29) is 16.6 Å². The van der Waals surface area contributed by atoms with Gasteiger partial charge in [0.25, 0.3) is 0 Å². The van der Waals surface area contributed by atoms with E-state index in [0.29, 0.717) is 49.5 Å². The van der Waals surface area contributed by atoms with Crippen LogP contribution in [0.3, 0.4) is 0 Å². The smallest absolute Gasteiger partial charge is 0.243 e. The molecule has 0 atom stereocenters. The summed E-state index contributed by atoms with van der Waals surface area (Å²) in [7, 11) is -3.64. The van der Waals surface area contributed by atoms with E-state index in [1.807, 2.05) is 0 Å². The van der Waals surface area contributed by atoms with Crippen LogP contribution in [0.2, 0.25) is 0 Å². The number of ether oxygens (including phenoxy) is 1. The van der Waals surface area contributed by atoms with Gasteiger partial charge in [0.05, 0.1) is 23.9 Å². The van der Waals surface area contributed by atoms with Crippen LogP contribution in [-0.4, -0.2) is 65.5 Å². The molecule has 3 aliphatic rings. The predicted molar refractivity (Wildman–Crippen MR) is 120 cm³/mol. The normalized spacial score (nSPS) is 19.8. The summed E-state index contributed by atoms with van der Waals surface area (Å²) in [5.41, 5.74) is 1.12. The van der Waals surface area contributed by atoms with E-state index in [2.05, 4.69) is 20.1 Å². The molecule has 1 amide bonds. The van der Waals surface area contributed by atoms with Gasteiger partial charge in [-0.05, 0) is 50.3 Å². The van der Waals surface area contributed by atoms with Gasteiger partial charge in [0.15, 0.2) is 5.16 Å². The fraction of sp³-hybridized carbons (Fsp3) is 0.571. The van der Waals surface area contributed by atoms with Crippen molar-refractivity contribution in [2.24, 2.45) is 0 Å². The van der Waals surface area contributed by atoms with Crippen LogP contribution in [0.4, 0.5) is 5.69 Å². The third-order valence-corrected chi connectivity index (χ3v) is 8.92. The van der Waals surface area contributed by atoms with E-state index in [9.17, 15) is 13.2 Å². The molecule has 32 heavy (non-hydrogen) atoms. The second-order valence-electron chi connectivity index (χ2n) is 8.55. The van der Waals surface area contributed by atoms with Crippen LogP contribution in [0.5, 0.6) is 0 Å². The van der Waals surface area contributed by atoms with Crippen LogP contribution in [0.25, 0.3) is 0 Å². The highest BCUT2D eigenvalue weighted by atomic mass is 32.2. The van der Waals surface area contributed by atoms with E-state index in [1.54, 1.807) is 25.1 Å². The zero-order valence-electron chi connectivity index (χ0n) is 18.0. The number of morpholine rings is 1. The number of aryl methyl sites for hydroxylation is 1. The molecule has 5 rings (SSSR count). The number of hydrogen-bond donors (Lipinski definition) is 1. The number of amides is 1. The minimum absolute atomic E-state index is 0.189. The second kappa shape index (κ2) is 8.77. The monoisotopic (exact) mass is 477 g/mol. The van der Waals surface area contributed by atoms with Crippen LogP contribution in [0, 0.1) is 6.92 Å². The maximum Gasteiger partial charge on any atom is 0.243 e. The zero-order chi connectivity index (χ0) is 22.3. The van der Waals surface area contributed by atoms with Crippen molar-refractivity contribution in [1.82, 2.24) is 19.1 Å². The summed E-state index contributed by atoms with van der Waals surface area (Å²) < 4.78 is 35.0. The maximum atomic E-state index is 13.1. The number of thioether (sulfide) groups is 1. The molecule has 1 aromatic carbocycles. The number of carbonyl (C=O) groups excluding carboxylic acids is 1. The van der Waals surface area contributed by atoms with Crippen LogP contribution in [0.1, 0.15) is 49.0 Å². The average Bonchev–Trinajstić information content (AvgIpc) is 3.73. The van der Waals surface area contributed by atoms with Gasteiger partial charge >= 0.3 is 0 Å². The predicted octanol–water partition coefficient (Wildman–Crippen LogP) is 2.55. The molecule has 3 fully saturated rings. The van der Waals surface area contributed by atoms with Gasteiger partial charge in [-0.1, -0.05) is 17.8 Å². The Morgan fingerprint density at radius 1 is 1.19 bits per heavy atom. The van der Waals surface area contributed by atoms with Crippen LogP contribution in [0.15, 0.2) is 28.3 Å². The Hall–Kier alpha value is -1.95. The molecule has 0 bridgehead atoms. The minimum Gasteiger partial charge on any atom is -0.379 e. The SMILES string of the molecule is Cc1ccc(NC(=O)CSc2nnc(C3CC3)n2C2CC2)cc1S(=O)(=O)N1CCOCC1. The molecule has 2 saturated carbocycles. The highest BCUT2D eigenvalue weighted by molar-refractivity contribution is 7.99. The lowest BCUT2D eigenvalue weighted by Gasteiger charge is -2.26. The highest BCUT2D eigenvalue weighted by Crippen LogP contribution is 2.46. The lowest BCUT2D eigenvalue weighted by molar-refractivity contribution is -0.113. The molecule has 0 unspecified atom stereocenters. The molecule has 0 radical (unpaired) electrons. The van der Waals surface area contributed by atoms with Crippen molar-refractivity contribution in [3.8, 4) is 0 Å². The number of carbonyl (C=O) groups is 1. The van der Waals surface area contributed by atoms with Gasteiger partial charge in [-0.25, -0.2) is 8.42 Å². The lowest BCUT2D eigenvalue weighted by Crippen LogP contribution is -2.40. The average molecular weight is 478 g/mol. The van der Waals surface area contributed by atoms with Gasteiger partial charge in [0.2, 0.25) is 15.9 Å². The topological polar surface area (TPSA) is 106 Å². The Kier molecular flexibility index (Phi) is 5.99. The molecule has 0 spiro atoms. The summed E-state index contributed by atoms with van der Waals surface area (Å²) in [6.07, 6.45) is 4.61. The minimum atomic E-state index is -3.64. The molecule has 1 aliphatic heterocycles. The molecular weight excluding hydrogens is 450 g/mol. The van der Waals surface area contributed by atoms with Gasteiger partial charge in [0, 0.05) is 30.7 Å². The standard InChI is InChI=1S/C21H27N5O4S2/c1-14-2-5-16(12-18(14)32(28,29)25-8-10-30-11-9-25)22-19(27)13-31-21-24-23-20(15-3-4-15)26(21)17-6-7-17/h2,5,12,15,17H,3-4,6-11,13H2,1H3,(H,22,27). The third-order valence-electron chi connectivity index (χ3n) is 5.94. The molecular formula is C21H27N5O4S2. The van der Waals surface area contributed by atoms with Crippen LogP contribution in [-0.2, 0) is 19.6 Å². The number of nitrogens with one attached hydrogen (secondary N) is 1. The van der Waals surface area contributed by atoms with Crippen molar-refractivity contribution in [1.29, 1.82) is 0 Å². The molecule has 11 heteroatoms. The molecule has 2 aliphatic carbocycles. The summed E-state index contributed by atoms with van der Waals surface area (Å²) >= 11 is 1.38. The fourth-order valence-electron chi connectivity index (χ4n) is 3.89. The second-order valence-corrected chi connectivity index (χ2v) is 11.4. The van der Waals surface area contributed by atoms with Crippen molar-refractivity contribution in [2.75, 3.05) is 37.4 Å². The van der Waals surface area contributed by atoms with Crippen molar-refractivity contribution < 1.29 is 17.9 Å². The summed E-state index contributed by atoms with van der Waals surface area (Å²) in [4.78, 5) is 12.8. The number of nitrogens with zero attached hydrogens (tertiary/aromatic N) is 4. The Morgan fingerprint density at radius 3 is 2.62 bits per heavy atom. The number of rotatable bonds is 8. The maximum absolute atomic E-state index is 13.1. The number of sulfonamides is 1. The molecule has 2 heterocycles. The fourth-order valence-corrected chi connectivity index (χ4v) is 6.36. The van der Waals surface area contributed by atoms with E-state index in [1.165, 1.54) is 28.9 Å². The molecule has 1 saturated heterocycles. The van der Waals surface area contributed by atoms with Crippen LogP contribution < -0.4 is 5.32 Å². The first kappa shape index (κ1) is 21.9. The number of anilines is 1. The molecule has 9 nitrogen and oxygen atoms in total. The van der Waals surface area contributed by atoms with E-state index in [0.717, 1.165) is 23.8 Å². The third kappa shape index (κ3) is 4.57. The summed E-state index contributed by atoms with van der Waals surface area (Å²) in [6, 6.07) is 5.47. The summed E-state index contributed by atoms with van der Waals surface area (Å²) in [5, 5.41) is 12.3. The Morgan fingerprint density at radius 2 is 1.94 bits per heavy atom. The van der Waals surface area contributed by atoms with Gasteiger partial charge in [-0.2, -0.15) is 4.31 Å². The first-order chi connectivity index (χ1) is 15.4. The van der Waals surface area contributed by atoms with Gasteiger partial charge in [0.1, 0.15) is 5.82 Å². The highest BCUT2D eigenvalue weighted by Gasteiger charge is 2.36. The van der Waals surface area contributed by atoms with Crippen molar-refractivity contribution in [3.63, 3.8) is 0 Å². The number of benzene rings is 1. The summed E-state index contributed by atoms with van der Waals surface area (Å²) in [5.74, 6) is 1.57. The Bertz CT molecular complexity index is 1120. The summed E-state index contributed by atoms with van der Waals surface area (Å²) in [6.45, 7) is 3.20. The largest absolute Gasteiger partial charge is 0.379 e. The van der Waals surface area contributed by atoms with Crippen molar-refractivity contribution in [3.05, 3.63) is 29.6 Å². The molecule has 2 aromatic rings. The van der Waals surface area contributed by atoms with Gasteiger partial charge < -0.3 is 14.6 Å². The van der Waals surface area contributed by atoms with Crippen LogP contribution >= 0.6 is 11.8 Å². The van der Waals surface area contributed by atoms with E-state index in [4.69, 9.17) is 4.74 Å². The first-order valence-electron chi connectivity index (χ1n) is 11.0. The molecule has 172 valence electrons. The van der Waals surface area contributed by atoms with Gasteiger partial charge in [-0.15, -0.1) is 10.2 Å². The number of hydrogen-bond acceptors (Lipinski definition) is 7. The Balaban J connectivity index is 1.26. The molecule has 1 aromatic heterocycles. The molecule has 1 N–H and O–H groups in total. The Labute approximate surface area is 192 Å². The zero-order valence-corrected chi connectivity index (χ0v) is 19.6. The van der Waals surface area contributed by atoms with E-state index < -0.39 is 10.0 Å². The first-order valence-corrected chi connectivity index (χ1v) is 13.4. The van der Waals surface area contributed by atoms with E-state index >= 15 is 0 Å². The van der Waals surface area contributed by atoms with Crippen molar-refractivity contribution >= 4 is 33.4 Å².